The Hall–Kier alpha value is -3.06. The lowest BCUT2D eigenvalue weighted by Crippen LogP contribution is -1.99. The number of nitriles is 1. The van der Waals surface area contributed by atoms with E-state index >= 15 is 0 Å². The number of hydrogen-bond donors (Lipinski definition) is 1. The Morgan fingerprint density at radius 1 is 1.00 bits per heavy atom. The van der Waals surface area contributed by atoms with E-state index in [1.165, 1.54) is 0 Å². The van der Waals surface area contributed by atoms with Gasteiger partial charge in [-0.05, 0) is 18.2 Å². The van der Waals surface area contributed by atoms with Crippen LogP contribution in [-0.4, -0.2) is 9.38 Å². The van der Waals surface area contributed by atoms with Crippen LogP contribution in [0.25, 0.3) is 27.6 Å². The van der Waals surface area contributed by atoms with E-state index in [1.54, 1.807) is 0 Å². The number of benzene rings is 2. The van der Waals surface area contributed by atoms with Crippen molar-refractivity contribution in [3.63, 3.8) is 0 Å². The van der Waals surface area contributed by atoms with E-state index in [4.69, 9.17) is 5.73 Å². The van der Waals surface area contributed by atoms with E-state index in [9.17, 15) is 5.26 Å². The lowest BCUT2D eigenvalue weighted by molar-refractivity contribution is 1.28. The molecule has 0 spiro atoms. The van der Waals surface area contributed by atoms with Crippen molar-refractivity contribution >= 4 is 33.3 Å². The summed E-state index contributed by atoms with van der Waals surface area (Å²) in [7, 11) is 0. The molecule has 0 saturated carbocycles. The number of nitrogens with zero attached hydrogens (tertiary/aromatic N) is 3. The molecular formula is C16H10N4. The summed E-state index contributed by atoms with van der Waals surface area (Å²) in [6, 6.07) is 17.8. The highest BCUT2D eigenvalue weighted by atomic mass is 15.0. The fourth-order valence-corrected chi connectivity index (χ4v) is 2.70. The van der Waals surface area contributed by atoms with Crippen molar-refractivity contribution in [1.29, 1.82) is 5.26 Å². The first kappa shape index (κ1) is 10.8. The average molecular weight is 258 g/mol. The van der Waals surface area contributed by atoms with Gasteiger partial charge in [-0.3, -0.25) is 4.40 Å². The summed E-state index contributed by atoms with van der Waals surface area (Å²) in [4.78, 5) is 4.56. The van der Waals surface area contributed by atoms with Crippen molar-refractivity contribution in [1.82, 2.24) is 9.38 Å². The molecule has 0 aliphatic heterocycles. The molecule has 2 aromatic carbocycles. The summed E-state index contributed by atoms with van der Waals surface area (Å²) >= 11 is 0. The topological polar surface area (TPSA) is 67.1 Å². The molecule has 4 aromatic rings. The second kappa shape index (κ2) is 3.72. The van der Waals surface area contributed by atoms with E-state index < -0.39 is 0 Å². The van der Waals surface area contributed by atoms with Crippen LogP contribution in [0.4, 0.5) is 5.69 Å². The maximum Gasteiger partial charge on any atom is 0.158 e. The van der Waals surface area contributed by atoms with Crippen LogP contribution in [0.15, 0.2) is 48.5 Å². The Bertz CT molecular complexity index is 1020. The molecule has 0 amide bonds. The Labute approximate surface area is 114 Å². The molecule has 2 aromatic heterocycles. The highest BCUT2D eigenvalue weighted by Crippen LogP contribution is 2.31. The average Bonchev–Trinajstić information content (AvgIpc) is 2.87. The van der Waals surface area contributed by atoms with E-state index in [-0.39, 0.29) is 0 Å². The van der Waals surface area contributed by atoms with Crippen molar-refractivity contribution < 1.29 is 0 Å². The maximum atomic E-state index is 9.42. The number of rotatable bonds is 0. The predicted molar refractivity (Wildman–Crippen MR) is 79.3 cm³/mol. The number of nitrogens with two attached hydrogens (primary N) is 1. The predicted octanol–water partition coefficient (Wildman–Crippen LogP) is 3.09. The molecule has 0 aliphatic rings. The minimum absolute atomic E-state index is 0.430. The number of anilines is 1. The zero-order valence-corrected chi connectivity index (χ0v) is 10.5. The normalized spacial score (nSPS) is 11.2. The number of imidazole rings is 1. The molecular weight excluding hydrogens is 248 g/mol. The minimum atomic E-state index is 0.430. The number of aromatic nitrogens is 2. The molecule has 4 nitrogen and oxygen atoms in total. The van der Waals surface area contributed by atoms with Gasteiger partial charge < -0.3 is 5.73 Å². The Balaban J connectivity index is 2.44. The summed E-state index contributed by atoms with van der Waals surface area (Å²) in [6.07, 6.45) is 0. The van der Waals surface area contributed by atoms with Crippen LogP contribution in [0, 0.1) is 11.3 Å². The van der Waals surface area contributed by atoms with E-state index in [1.807, 2.05) is 52.9 Å². The second-order valence-corrected chi connectivity index (χ2v) is 4.68. The smallest absolute Gasteiger partial charge is 0.158 e. The lowest BCUT2D eigenvalue weighted by atomic mass is 10.1. The van der Waals surface area contributed by atoms with Crippen LogP contribution in [-0.2, 0) is 0 Å². The number of pyridine rings is 1. The van der Waals surface area contributed by atoms with Gasteiger partial charge in [-0.1, -0.05) is 30.3 Å². The molecule has 0 bridgehead atoms. The number of nitrogen functional groups attached to an aromatic ring is 1. The van der Waals surface area contributed by atoms with Gasteiger partial charge in [-0.15, -0.1) is 0 Å². The van der Waals surface area contributed by atoms with Crippen LogP contribution < -0.4 is 5.73 Å². The van der Waals surface area contributed by atoms with Gasteiger partial charge in [-0.2, -0.15) is 5.26 Å². The van der Waals surface area contributed by atoms with Crippen LogP contribution in [0.2, 0.25) is 0 Å². The molecule has 0 aliphatic carbocycles. The molecule has 0 atom stereocenters. The summed E-state index contributed by atoms with van der Waals surface area (Å²) in [6.45, 7) is 0. The fourth-order valence-electron chi connectivity index (χ4n) is 2.70. The van der Waals surface area contributed by atoms with Gasteiger partial charge in [-0.25, -0.2) is 4.98 Å². The van der Waals surface area contributed by atoms with E-state index in [0.717, 1.165) is 21.9 Å². The van der Waals surface area contributed by atoms with Gasteiger partial charge in [0.15, 0.2) is 5.65 Å². The van der Waals surface area contributed by atoms with Crippen LogP contribution in [0.5, 0.6) is 0 Å². The lowest BCUT2D eigenvalue weighted by Gasteiger charge is -2.08. The molecule has 20 heavy (non-hydrogen) atoms. The third kappa shape index (κ3) is 1.21. The van der Waals surface area contributed by atoms with Crippen molar-refractivity contribution in [2.75, 3.05) is 5.73 Å². The first-order valence-electron chi connectivity index (χ1n) is 6.29. The van der Waals surface area contributed by atoms with Crippen LogP contribution >= 0.6 is 0 Å². The molecule has 0 saturated heterocycles. The van der Waals surface area contributed by atoms with Gasteiger partial charge in [0.05, 0.1) is 22.2 Å². The monoisotopic (exact) mass is 258 g/mol. The molecule has 2 heterocycles. The Morgan fingerprint density at radius 3 is 2.50 bits per heavy atom. The molecule has 4 heteroatoms. The van der Waals surface area contributed by atoms with Crippen molar-refractivity contribution in [2.45, 2.75) is 0 Å². The van der Waals surface area contributed by atoms with Gasteiger partial charge in [0, 0.05) is 5.39 Å². The first-order valence-corrected chi connectivity index (χ1v) is 6.29. The first-order chi connectivity index (χ1) is 9.81. The number of hydrogen-bond acceptors (Lipinski definition) is 3. The molecule has 0 fully saturated rings. The SMILES string of the molecule is N#Cc1c(N)c2ccccc2n2c1nc1ccccc12. The zero-order chi connectivity index (χ0) is 13.7. The Kier molecular flexibility index (Phi) is 2.01. The molecule has 2 N–H and O–H groups in total. The van der Waals surface area contributed by atoms with E-state index in [0.29, 0.717) is 16.9 Å². The second-order valence-electron chi connectivity index (χ2n) is 4.68. The third-order valence-corrected chi connectivity index (χ3v) is 3.60. The standard InChI is InChI=1S/C16H10N4/c17-9-11-15(18)10-5-1-3-7-13(10)20-14-8-4-2-6-12(14)19-16(11)20/h1-8H,18H2. The Morgan fingerprint density at radius 2 is 1.70 bits per heavy atom. The summed E-state index contributed by atoms with van der Waals surface area (Å²) in [5, 5.41) is 10.3. The number of para-hydroxylation sites is 3. The van der Waals surface area contributed by atoms with Crippen molar-refractivity contribution in [3.8, 4) is 6.07 Å². The highest BCUT2D eigenvalue weighted by molar-refractivity contribution is 6.01. The number of fused-ring (bicyclic) bond motifs is 5. The van der Waals surface area contributed by atoms with Crippen molar-refractivity contribution in [2.24, 2.45) is 0 Å². The third-order valence-electron chi connectivity index (χ3n) is 3.60. The van der Waals surface area contributed by atoms with E-state index in [2.05, 4.69) is 11.1 Å². The molecule has 0 radical (unpaired) electrons. The fraction of sp³-hybridized carbons (Fsp3) is 0. The highest BCUT2D eigenvalue weighted by Gasteiger charge is 2.15. The zero-order valence-electron chi connectivity index (χ0n) is 10.5. The quantitative estimate of drug-likeness (QED) is 0.527. The van der Waals surface area contributed by atoms with Gasteiger partial charge in [0.25, 0.3) is 0 Å². The van der Waals surface area contributed by atoms with Crippen molar-refractivity contribution in [3.05, 3.63) is 54.1 Å². The minimum Gasteiger partial charge on any atom is -0.397 e. The van der Waals surface area contributed by atoms with Gasteiger partial charge in [0.2, 0.25) is 0 Å². The summed E-state index contributed by atoms with van der Waals surface area (Å²) < 4.78 is 2.00. The van der Waals surface area contributed by atoms with Gasteiger partial charge in [0.1, 0.15) is 11.6 Å². The largest absolute Gasteiger partial charge is 0.397 e. The molecule has 94 valence electrons. The van der Waals surface area contributed by atoms with Gasteiger partial charge >= 0.3 is 0 Å². The summed E-state index contributed by atoms with van der Waals surface area (Å²) in [5.74, 6) is 0. The van der Waals surface area contributed by atoms with Crippen LogP contribution in [0.3, 0.4) is 0 Å². The molecule has 0 unspecified atom stereocenters. The van der Waals surface area contributed by atoms with Crippen LogP contribution in [0.1, 0.15) is 5.56 Å². The summed E-state index contributed by atoms with van der Waals surface area (Å²) in [5.41, 5.74) is 10.5. The maximum absolute atomic E-state index is 9.42. The molecule has 4 rings (SSSR count).